The summed E-state index contributed by atoms with van der Waals surface area (Å²) in [7, 11) is 0. The number of para-hydroxylation sites is 1. The minimum atomic E-state index is -0.579. The van der Waals surface area contributed by atoms with Gasteiger partial charge < -0.3 is 4.90 Å². The van der Waals surface area contributed by atoms with E-state index in [1.165, 1.54) is 94.7 Å². The number of fused-ring (bicyclic) bond motifs is 6. The van der Waals surface area contributed by atoms with Gasteiger partial charge in [0.1, 0.15) is 0 Å². The molecule has 2 aliphatic rings. The third-order valence-electron chi connectivity index (χ3n) is 16.1. The quantitative estimate of drug-likeness (QED) is 0.139. The van der Waals surface area contributed by atoms with Crippen molar-refractivity contribution in [3.8, 4) is 22.3 Å². The largest absolute Gasteiger partial charge is 0.310 e. The molecule has 0 N–H and O–H groups in total. The fraction of sp³-hybridized carbons (Fsp3) is 0.239. The molecule has 1 atom stereocenters. The van der Waals surface area contributed by atoms with Crippen molar-refractivity contribution in [1.29, 1.82) is 0 Å². The van der Waals surface area contributed by atoms with E-state index in [2.05, 4.69) is 286 Å². The van der Waals surface area contributed by atoms with Crippen LogP contribution in [0.5, 0.6) is 0 Å². The van der Waals surface area contributed by atoms with Crippen molar-refractivity contribution in [3.05, 3.63) is 279 Å². The van der Waals surface area contributed by atoms with Gasteiger partial charge in [0, 0.05) is 17.1 Å². The summed E-state index contributed by atoms with van der Waals surface area (Å²) in [5.74, 6) is 0. The lowest BCUT2D eigenvalue weighted by molar-refractivity contribution is 0.588. The van der Waals surface area contributed by atoms with Crippen molar-refractivity contribution < 1.29 is 0 Å². The molecule has 0 spiro atoms. The lowest BCUT2D eigenvalue weighted by atomic mass is 9.66. The van der Waals surface area contributed by atoms with Crippen LogP contribution >= 0.6 is 0 Å². The lowest BCUT2D eigenvalue weighted by Gasteiger charge is -2.36. The second kappa shape index (κ2) is 17.5. The Labute approximate surface area is 430 Å². The van der Waals surface area contributed by atoms with Gasteiger partial charge in [0.05, 0.1) is 10.8 Å². The van der Waals surface area contributed by atoms with Gasteiger partial charge in [-0.2, -0.15) is 0 Å². The predicted octanol–water partition coefficient (Wildman–Crippen LogP) is 18.7. The summed E-state index contributed by atoms with van der Waals surface area (Å²) in [4.78, 5) is 2.58. The van der Waals surface area contributed by atoms with Gasteiger partial charge in [-0.1, -0.05) is 258 Å². The van der Waals surface area contributed by atoms with Gasteiger partial charge in [-0.3, -0.25) is 0 Å². The highest BCUT2D eigenvalue weighted by molar-refractivity contribution is 5.92. The molecule has 0 saturated carbocycles. The summed E-state index contributed by atoms with van der Waals surface area (Å²) in [5, 5.41) is 0. The zero-order valence-corrected chi connectivity index (χ0v) is 44.1. The van der Waals surface area contributed by atoms with Crippen LogP contribution in [0.2, 0.25) is 0 Å². The van der Waals surface area contributed by atoms with E-state index >= 15 is 0 Å². The van der Waals surface area contributed by atoms with Gasteiger partial charge in [0.15, 0.2) is 0 Å². The van der Waals surface area contributed by atoms with E-state index in [9.17, 15) is 0 Å². The normalized spacial score (nSPS) is 15.6. The number of benzene rings is 9. The number of rotatable bonds is 9. The first-order chi connectivity index (χ1) is 34.6. The molecule has 1 heteroatoms. The zero-order valence-electron chi connectivity index (χ0n) is 44.1. The average Bonchev–Trinajstić information content (AvgIpc) is 3.84. The zero-order chi connectivity index (χ0) is 50.2. The Morgan fingerprint density at radius 3 is 1.08 bits per heavy atom. The molecule has 1 unspecified atom stereocenters. The van der Waals surface area contributed by atoms with Crippen LogP contribution in [0.3, 0.4) is 0 Å². The number of hydrogen-bond donors (Lipinski definition) is 0. The van der Waals surface area contributed by atoms with Crippen LogP contribution in [0.4, 0.5) is 17.1 Å². The summed E-state index contributed by atoms with van der Waals surface area (Å²) in [6.45, 7) is 23.1. The molecule has 72 heavy (non-hydrogen) atoms. The molecule has 0 amide bonds. The Bertz CT molecular complexity index is 3390. The molecule has 9 aromatic rings. The van der Waals surface area contributed by atoms with Crippen LogP contribution in [0.1, 0.15) is 142 Å². The van der Waals surface area contributed by atoms with Gasteiger partial charge in [-0.05, 0) is 142 Å². The topological polar surface area (TPSA) is 3.24 Å². The Morgan fingerprint density at radius 1 is 0.333 bits per heavy atom. The van der Waals surface area contributed by atoms with E-state index in [1.54, 1.807) is 0 Å². The third kappa shape index (κ3) is 7.50. The van der Waals surface area contributed by atoms with E-state index in [-0.39, 0.29) is 16.2 Å². The maximum Gasteiger partial charge on any atom is 0.0714 e. The van der Waals surface area contributed by atoms with Gasteiger partial charge in [0.25, 0.3) is 0 Å². The summed E-state index contributed by atoms with van der Waals surface area (Å²) in [6, 6.07) is 82.0. The molecular formula is C71H69N. The highest BCUT2D eigenvalue weighted by Gasteiger charge is 2.48. The highest BCUT2D eigenvalue weighted by atomic mass is 15.1. The number of aryl methyl sites for hydroxylation is 1. The lowest BCUT2D eigenvalue weighted by Crippen LogP contribution is -2.29. The van der Waals surface area contributed by atoms with Crippen molar-refractivity contribution in [1.82, 2.24) is 0 Å². The van der Waals surface area contributed by atoms with Crippen molar-refractivity contribution in [2.75, 3.05) is 4.90 Å². The number of hydrogen-bond acceptors (Lipinski definition) is 1. The molecule has 9 aromatic carbocycles. The standard InChI is InChI=1S/C71H69N/c1-11-21-48-22-15-20-29-66(48)72(56-42-44-60-58-25-16-18-27-62(58)70(64(60)46-56,52-23-13-12-14-24-52)53-36-30-49(31-37-53)67(2,3)4)57-43-45-61-59-26-17-19-28-63(59)71(65(61)47-57,54-38-32-50(33-39-54)68(5,6)7)55-40-34-51(35-41-55)69(8,9)10/h12-20,22-47H,11,21H2,1-10H3. The molecule has 11 rings (SSSR count). The van der Waals surface area contributed by atoms with E-state index in [4.69, 9.17) is 0 Å². The summed E-state index contributed by atoms with van der Waals surface area (Å²) >= 11 is 0. The van der Waals surface area contributed by atoms with Crippen LogP contribution in [0.15, 0.2) is 212 Å². The molecule has 1 nitrogen and oxygen atoms in total. The first-order valence-electron chi connectivity index (χ1n) is 26.3. The van der Waals surface area contributed by atoms with Crippen LogP contribution in [-0.2, 0) is 33.5 Å². The van der Waals surface area contributed by atoms with Gasteiger partial charge in [0.2, 0.25) is 0 Å². The monoisotopic (exact) mass is 936 g/mol. The van der Waals surface area contributed by atoms with Crippen molar-refractivity contribution in [2.24, 2.45) is 0 Å². The predicted molar refractivity (Wildman–Crippen MR) is 306 cm³/mol. The maximum atomic E-state index is 2.58. The molecule has 0 fully saturated rings. The molecule has 0 aliphatic heterocycles. The van der Waals surface area contributed by atoms with E-state index in [1.807, 2.05) is 0 Å². The molecule has 358 valence electrons. The molecule has 0 radical (unpaired) electrons. The van der Waals surface area contributed by atoms with Crippen molar-refractivity contribution in [3.63, 3.8) is 0 Å². The molecule has 2 aliphatic carbocycles. The van der Waals surface area contributed by atoms with Crippen LogP contribution in [-0.4, -0.2) is 0 Å². The Morgan fingerprint density at radius 2 is 0.681 bits per heavy atom. The molecule has 0 aromatic heterocycles. The Kier molecular flexibility index (Phi) is 11.5. The summed E-state index contributed by atoms with van der Waals surface area (Å²) in [5.41, 5.74) is 23.2. The van der Waals surface area contributed by atoms with Gasteiger partial charge >= 0.3 is 0 Å². The average molecular weight is 936 g/mol. The molecular weight excluding hydrogens is 867 g/mol. The Balaban J connectivity index is 1.20. The van der Waals surface area contributed by atoms with E-state index < -0.39 is 10.8 Å². The highest BCUT2D eigenvalue weighted by Crippen LogP contribution is 2.60. The minimum Gasteiger partial charge on any atom is -0.310 e. The van der Waals surface area contributed by atoms with Crippen LogP contribution < -0.4 is 4.90 Å². The second-order valence-electron chi connectivity index (χ2n) is 23.6. The fourth-order valence-electron chi connectivity index (χ4n) is 12.4. The summed E-state index contributed by atoms with van der Waals surface area (Å²) in [6.07, 6.45) is 2.02. The number of anilines is 3. The fourth-order valence-corrected chi connectivity index (χ4v) is 12.4. The third-order valence-corrected chi connectivity index (χ3v) is 16.1. The van der Waals surface area contributed by atoms with Crippen LogP contribution in [0, 0.1) is 0 Å². The molecule has 0 bridgehead atoms. The molecule has 0 heterocycles. The van der Waals surface area contributed by atoms with Gasteiger partial charge in [-0.15, -0.1) is 0 Å². The van der Waals surface area contributed by atoms with E-state index in [0.29, 0.717) is 0 Å². The first-order valence-corrected chi connectivity index (χ1v) is 26.3. The smallest absolute Gasteiger partial charge is 0.0714 e. The Hall–Kier alpha value is -7.22. The maximum absolute atomic E-state index is 2.58. The minimum absolute atomic E-state index is 0.0241. The van der Waals surface area contributed by atoms with Crippen LogP contribution in [0.25, 0.3) is 22.3 Å². The van der Waals surface area contributed by atoms with Gasteiger partial charge in [-0.25, -0.2) is 0 Å². The first kappa shape index (κ1) is 47.1. The second-order valence-corrected chi connectivity index (χ2v) is 23.6. The number of nitrogens with zero attached hydrogens (tertiary/aromatic N) is 1. The van der Waals surface area contributed by atoms with Crippen molar-refractivity contribution >= 4 is 17.1 Å². The SMILES string of the molecule is CCCc1ccccc1N(c1ccc2c(c1)C(c1ccccc1)(c1ccc(C(C)(C)C)cc1)c1ccccc1-2)c1ccc2c(c1)C(c1ccc(C(C)(C)C)cc1)(c1ccc(C(C)(C)C)cc1)c1ccccc1-2. The molecule has 0 saturated heterocycles. The van der Waals surface area contributed by atoms with E-state index in [0.717, 1.165) is 24.2 Å². The van der Waals surface area contributed by atoms with Crippen molar-refractivity contribution in [2.45, 2.75) is 109 Å². The summed E-state index contributed by atoms with van der Waals surface area (Å²) < 4.78 is 0.